The molecular formula is C16H26N4O2. The molecule has 0 radical (unpaired) electrons. The molecule has 6 nitrogen and oxygen atoms in total. The second-order valence-electron chi connectivity index (χ2n) is 6.34. The van der Waals surface area contributed by atoms with Gasteiger partial charge in [0.2, 0.25) is 5.91 Å². The molecule has 0 saturated carbocycles. The van der Waals surface area contributed by atoms with Gasteiger partial charge < -0.3 is 14.2 Å². The number of nitrogens with zero attached hydrogens (tertiary/aromatic N) is 4. The fraction of sp³-hybridized carbons (Fsp3) is 0.750. The van der Waals surface area contributed by atoms with Gasteiger partial charge in [0.1, 0.15) is 6.54 Å². The van der Waals surface area contributed by atoms with Gasteiger partial charge in [-0.05, 0) is 25.7 Å². The molecule has 0 spiro atoms. The third-order valence-electron chi connectivity index (χ3n) is 5.07. The van der Waals surface area contributed by atoms with E-state index >= 15 is 0 Å². The molecule has 2 saturated heterocycles. The van der Waals surface area contributed by atoms with E-state index in [0.29, 0.717) is 18.5 Å². The lowest BCUT2D eigenvalue weighted by Crippen LogP contribution is -2.49. The zero-order chi connectivity index (χ0) is 15.4. The van der Waals surface area contributed by atoms with Gasteiger partial charge >= 0.3 is 0 Å². The Bertz CT molecular complexity index is 463. The molecule has 122 valence electrons. The van der Waals surface area contributed by atoms with E-state index < -0.39 is 0 Å². The first-order valence-corrected chi connectivity index (χ1v) is 8.29. The van der Waals surface area contributed by atoms with E-state index in [9.17, 15) is 4.79 Å². The number of carbonyl (C=O) groups excluding carboxylic acids is 1. The van der Waals surface area contributed by atoms with Crippen LogP contribution in [0.1, 0.15) is 19.8 Å². The first kappa shape index (κ1) is 15.5. The summed E-state index contributed by atoms with van der Waals surface area (Å²) in [6.45, 7) is 8.30. The maximum Gasteiger partial charge on any atom is 0.242 e. The number of hydrogen-bond acceptors (Lipinski definition) is 4. The minimum Gasteiger partial charge on any atom is -0.379 e. The molecule has 2 aliphatic rings. The Labute approximate surface area is 132 Å². The molecule has 2 fully saturated rings. The first-order valence-electron chi connectivity index (χ1n) is 8.29. The summed E-state index contributed by atoms with van der Waals surface area (Å²) in [4.78, 5) is 20.8. The Kier molecular flexibility index (Phi) is 5.10. The van der Waals surface area contributed by atoms with Crippen molar-refractivity contribution in [2.45, 2.75) is 32.4 Å². The van der Waals surface area contributed by atoms with E-state index in [1.54, 1.807) is 12.5 Å². The molecule has 0 N–H and O–H groups in total. The summed E-state index contributed by atoms with van der Waals surface area (Å²) in [5.74, 6) is 0.894. The molecule has 1 amide bonds. The van der Waals surface area contributed by atoms with Gasteiger partial charge in [0.05, 0.1) is 19.5 Å². The molecule has 1 unspecified atom stereocenters. The predicted octanol–water partition coefficient (Wildman–Crippen LogP) is 0.842. The highest BCUT2D eigenvalue weighted by atomic mass is 16.5. The lowest BCUT2D eigenvalue weighted by atomic mass is 9.89. The molecule has 2 aliphatic heterocycles. The van der Waals surface area contributed by atoms with E-state index in [1.165, 1.54) is 0 Å². The fourth-order valence-corrected chi connectivity index (χ4v) is 3.55. The molecule has 0 aliphatic carbocycles. The van der Waals surface area contributed by atoms with Gasteiger partial charge in [0, 0.05) is 44.6 Å². The van der Waals surface area contributed by atoms with Crippen molar-refractivity contribution in [3.63, 3.8) is 0 Å². The minimum absolute atomic E-state index is 0.204. The molecule has 6 heteroatoms. The summed E-state index contributed by atoms with van der Waals surface area (Å²) in [5.41, 5.74) is 0. The molecule has 1 atom stereocenters. The first-order chi connectivity index (χ1) is 10.7. The summed E-state index contributed by atoms with van der Waals surface area (Å²) in [5, 5.41) is 0. The van der Waals surface area contributed by atoms with Crippen molar-refractivity contribution in [1.82, 2.24) is 19.4 Å². The van der Waals surface area contributed by atoms with E-state index in [2.05, 4.69) is 16.8 Å². The summed E-state index contributed by atoms with van der Waals surface area (Å²) < 4.78 is 7.27. The molecule has 22 heavy (non-hydrogen) atoms. The number of morpholine rings is 1. The lowest BCUT2D eigenvalue weighted by molar-refractivity contribution is -0.133. The molecule has 3 rings (SSSR count). The topological polar surface area (TPSA) is 50.6 Å². The quantitative estimate of drug-likeness (QED) is 0.827. The van der Waals surface area contributed by atoms with Gasteiger partial charge in [-0.25, -0.2) is 4.98 Å². The van der Waals surface area contributed by atoms with Crippen LogP contribution in [-0.2, 0) is 16.1 Å². The summed E-state index contributed by atoms with van der Waals surface area (Å²) in [6, 6.07) is 0.592. The van der Waals surface area contributed by atoms with Gasteiger partial charge in [0.15, 0.2) is 0 Å². The molecule has 3 heterocycles. The number of amides is 1. The maximum atomic E-state index is 12.3. The van der Waals surface area contributed by atoms with Gasteiger partial charge in [-0.3, -0.25) is 9.69 Å². The summed E-state index contributed by atoms with van der Waals surface area (Å²) >= 11 is 0. The largest absolute Gasteiger partial charge is 0.379 e. The molecular weight excluding hydrogens is 280 g/mol. The van der Waals surface area contributed by atoms with Crippen LogP contribution in [-0.4, -0.2) is 70.7 Å². The number of rotatable bonds is 4. The Morgan fingerprint density at radius 3 is 2.64 bits per heavy atom. The van der Waals surface area contributed by atoms with Crippen LogP contribution in [0.3, 0.4) is 0 Å². The van der Waals surface area contributed by atoms with E-state index in [-0.39, 0.29) is 5.91 Å². The number of carbonyl (C=O) groups is 1. The second-order valence-corrected chi connectivity index (χ2v) is 6.34. The normalized spacial score (nSPS) is 22.7. The molecule has 1 aromatic heterocycles. The van der Waals surface area contributed by atoms with Crippen molar-refractivity contribution >= 4 is 5.91 Å². The third kappa shape index (κ3) is 3.67. The van der Waals surface area contributed by atoms with Gasteiger partial charge in [0.25, 0.3) is 0 Å². The maximum absolute atomic E-state index is 12.3. The highest BCUT2D eigenvalue weighted by molar-refractivity contribution is 5.76. The smallest absolute Gasteiger partial charge is 0.242 e. The highest BCUT2D eigenvalue weighted by Crippen LogP contribution is 2.24. The van der Waals surface area contributed by atoms with Crippen LogP contribution in [0.5, 0.6) is 0 Å². The minimum atomic E-state index is 0.204. The van der Waals surface area contributed by atoms with E-state index in [4.69, 9.17) is 4.74 Å². The van der Waals surface area contributed by atoms with Crippen LogP contribution in [0, 0.1) is 5.92 Å². The highest BCUT2D eigenvalue weighted by Gasteiger charge is 2.29. The molecule has 0 aromatic carbocycles. The monoisotopic (exact) mass is 306 g/mol. The van der Waals surface area contributed by atoms with Crippen molar-refractivity contribution in [3.8, 4) is 0 Å². The van der Waals surface area contributed by atoms with Crippen molar-refractivity contribution in [3.05, 3.63) is 18.7 Å². The van der Waals surface area contributed by atoms with Gasteiger partial charge in [-0.1, -0.05) is 0 Å². The Morgan fingerprint density at radius 1 is 1.27 bits per heavy atom. The Balaban J connectivity index is 1.46. The number of hydrogen-bond donors (Lipinski definition) is 0. The Morgan fingerprint density at radius 2 is 2.00 bits per heavy atom. The lowest BCUT2D eigenvalue weighted by Gasteiger charge is -2.41. The van der Waals surface area contributed by atoms with Crippen LogP contribution < -0.4 is 0 Å². The SMILES string of the molecule is CC(C1CCN(C(=O)Cn2ccnc2)CC1)N1CCOCC1. The number of aromatic nitrogens is 2. The van der Waals surface area contributed by atoms with Crippen LogP contribution >= 0.6 is 0 Å². The van der Waals surface area contributed by atoms with Gasteiger partial charge in [-0.2, -0.15) is 0 Å². The Hall–Kier alpha value is -1.40. The number of piperidine rings is 1. The summed E-state index contributed by atoms with van der Waals surface area (Å²) in [6.07, 6.45) is 7.46. The van der Waals surface area contributed by atoms with E-state index in [0.717, 1.165) is 52.2 Å². The third-order valence-corrected chi connectivity index (χ3v) is 5.07. The van der Waals surface area contributed by atoms with Gasteiger partial charge in [-0.15, -0.1) is 0 Å². The second kappa shape index (κ2) is 7.24. The van der Waals surface area contributed by atoms with Crippen molar-refractivity contribution in [2.75, 3.05) is 39.4 Å². The average Bonchev–Trinajstić information content (AvgIpc) is 3.08. The van der Waals surface area contributed by atoms with E-state index in [1.807, 2.05) is 15.7 Å². The fourth-order valence-electron chi connectivity index (χ4n) is 3.55. The summed E-state index contributed by atoms with van der Waals surface area (Å²) in [7, 11) is 0. The van der Waals surface area contributed by atoms with Crippen LogP contribution in [0.2, 0.25) is 0 Å². The van der Waals surface area contributed by atoms with Crippen molar-refractivity contribution < 1.29 is 9.53 Å². The van der Waals surface area contributed by atoms with Crippen molar-refractivity contribution in [2.24, 2.45) is 5.92 Å². The molecule has 0 bridgehead atoms. The number of likely N-dealkylation sites (tertiary alicyclic amines) is 1. The van der Waals surface area contributed by atoms with Crippen LogP contribution in [0.4, 0.5) is 0 Å². The molecule has 1 aromatic rings. The number of ether oxygens (including phenoxy) is 1. The standard InChI is InChI=1S/C16H26N4O2/c1-14(19-8-10-22-11-9-19)15-2-5-20(6-3-15)16(21)12-18-7-4-17-13-18/h4,7,13-15H,2-3,5-6,8-12H2,1H3. The predicted molar refractivity (Wildman–Crippen MR) is 83.4 cm³/mol. The van der Waals surface area contributed by atoms with Crippen LogP contribution in [0.15, 0.2) is 18.7 Å². The zero-order valence-electron chi connectivity index (χ0n) is 13.4. The number of imidazole rings is 1. The zero-order valence-corrected chi connectivity index (χ0v) is 13.4. The van der Waals surface area contributed by atoms with Crippen LogP contribution in [0.25, 0.3) is 0 Å². The average molecular weight is 306 g/mol. The van der Waals surface area contributed by atoms with Crippen molar-refractivity contribution in [1.29, 1.82) is 0 Å².